The molecule has 2 aliphatic rings. The first-order valence-corrected chi connectivity index (χ1v) is 5.81. The predicted molar refractivity (Wildman–Crippen MR) is 55.9 cm³/mol. The second-order valence-corrected chi connectivity index (χ2v) is 4.58. The summed E-state index contributed by atoms with van der Waals surface area (Å²) in [6.07, 6.45) is 8.78. The highest BCUT2D eigenvalue weighted by Gasteiger charge is 2.30. The third-order valence-electron chi connectivity index (χ3n) is 3.66. The Labute approximate surface area is 81.7 Å². The highest BCUT2D eigenvalue weighted by molar-refractivity contribution is 4.89. The Balaban J connectivity index is 1.74. The molecule has 13 heavy (non-hydrogen) atoms. The van der Waals surface area contributed by atoms with Crippen LogP contribution in [0.4, 0.5) is 0 Å². The van der Waals surface area contributed by atoms with Crippen molar-refractivity contribution in [3.8, 4) is 0 Å². The van der Waals surface area contributed by atoms with Crippen molar-refractivity contribution in [1.29, 1.82) is 0 Å². The Morgan fingerprint density at radius 1 is 1.00 bits per heavy atom. The molecule has 76 valence electrons. The Morgan fingerprint density at radius 2 is 1.62 bits per heavy atom. The summed E-state index contributed by atoms with van der Waals surface area (Å²) in [7, 11) is 2.08. The number of nitrogens with one attached hydrogen (secondary N) is 1. The first kappa shape index (κ1) is 9.47. The third kappa shape index (κ3) is 2.23. The van der Waals surface area contributed by atoms with Gasteiger partial charge < -0.3 is 5.32 Å². The van der Waals surface area contributed by atoms with Crippen molar-refractivity contribution in [2.75, 3.05) is 20.1 Å². The summed E-state index contributed by atoms with van der Waals surface area (Å²) in [5.74, 6) is 0. The number of hydrogen-bond donors (Lipinski definition) is 1. The SMILES string of the molecule is CNC1CN(C2CCCCCC2)C1. The zero-order valence-corrected chi connectivity index (χ0v) is 8.76. The van der Waals surface area contributed by atoms with Gasteiger partial charge in [-0.1, -0.05) is 25.7 Å². The molecule has 0 aromatic carbocycles. The maximum atomic E-state index is 3.34. The van der Waals surface area contributed by atoms with Crippen molar-refractivity contribution in [2.45, 2.75) is 50.6 Å². The van der Waals surface area contributed by atoms with Gasteiger partial charge in [-0.3, -0.25) is 4.90 Å². The van der Waals surface area contributed by atoms with Gasteiger partial charge >= 0.3 is 0 Å². The predicted octanol–water partition coefficient (Wildman–Crippen LogP) is 1.61. The number of likely N-dealkylation sites (tertiary alicyclic amines) is 1. The van der Waals surface area contributed by atoms with E-state index in [-0.39, 0.29) is 0 Å². The second kappa shape index (κ2) is 4.43. The van der Waals surface area contributed by atoms with E-state index in [1.807, 2.05) is 0 Å². The van der Waals surface area contributed by atoms with Crippen molar-refractivity contribution in [1.82, 2.24) is 10.2 Å². The van der Waals surface area contributed by atoms with Crippen LogP contribution in [0.5, 0.6) is 0 Å². The summed E-state index contributed by atoms with van der Waals surface area (Å²) in [6.45, 7) is 2.59. The van der Waals surface area contributed by atoms with Crippen molar-refractivity contribution >= 4 is 0 Å². The van der Waals surface area contributed by atoms with Crippen LogP contribution in [0.2, 0.25) is 0 Å². The van der Waals surface area contributed by atoms with E-state index in [1.165, 1.54) is 51.6 Å². The maximum Gasteiger partial charge on any atom is 0.0320 e. The molecule has 0 bridgehead atoms. The molecule has 2 rings (SSSR count). The average Bonchev–Trinajstić information content (AvgIpc) is 2.31. The summed E-state index contributed by atoms with van der Waals surface area (Å²) in [4.78, 5) is 2.67. The lowest BCUT2D eigenvalue weighted by Crippen LogP contribution is -2.60. The number of hydrogen-bond acceptors (Lipinski definition) is 2. The average molecular weight is 182 g/mol. The van der Waals surface area contributed by atoms with E-state index in [4.69, 9.17) is 0 Å². The normalized spacial score (nSPS) is 28.4. The van der Waals surface area contributed by atoms with Gasteiger partial charge in [0.25, 0.3) is 0 Å². The minimum absolute atomic E-state index is 0.781. The van der Waals surface area contributed by atoms with Gasteiger partial charge in [-0.25, -0.2) is 0 Å². The van der Waals surface area contributed by atoms with E-state index in [2.05, 4.69) is 17.3 Å². The van der Waals surface area contributed by atoms with Crippen LogP contribution in [0.15, 0.2) is 0 Å². The topological polar surface area (TPSA) is 15.3 Å². The van der Waals surface area contributed by atoms with Crippen LogP contribution in [0.3, 0.4) is 0 Å². The molecule has 0 aromatic heterocycles. The van der Waals surface area contributed by atoms with Gasteiger partial charge in [-0.05, 0) is 19.9 Å². The first-order valence-electron chi connectivity index (χ1n) is 5.81. The fourth-order valence-corrected chi connectivity index (χ4v) is 2.62. The van der Waals surface area contributed by atoms with Crippen molar-refractivity contribution in [3.05, 3.63) is 0 Å². The van der Waals surface area contributed by atoms with Crippen LogP contribution >= 0.6 is 0 Å². The molecule has 0 unspecified atom stereocenters. The molecule has 1 heterocycles. The second-order valence-electron chi connectivity index (χ2n) is 4.58. The van der Waals surface area contributed by atoms with Gasteiger partial charge in [-0.2, -0.15) is 0 Å². The molecular weight excluding hydrogens is 160 g/mol. The van der Waals surface area contributed by atoms with Gasteiger partial charge in [0.1, 0.15) is 0 Å². The molecule has 0 radical (unpaired) electrons. The molecule has 1 saturated heterocycles. The van der Waals surface area contributed by atoms with E-state index >= 15 is 0 Å². The van der Waals surface area contributed by atoms with Gasteiger partial charge in [0.2, 0.25) is 0 Å². The molecule has 2 fully saturated rings. The quantitative estimate of drug-likeness (QED) is 0.653. The molecule has 0 aromatic rings. The van der Waals surface area contributed by atoms with Crippen LogP contribution in [0.1, 0.15) is 38.5 Å². The molecule has 2 heteroatoms. The Bertz CT molecular complexity index is 144. The molecular formula is C11H22N2. The Kier molecular flexibility index (Phi) is 3.23. The van der Waals surface area contributed by atoms with E-state index < -0.39 is 0 Å². The molecule has 0 spiro atoms. The minimum Gasteiger partial charge on any atom is -0.315 e. The molecule has 1 aliphatic carbocycles. The zero-order chi connectivity index (χ0) is 9.10. The standard InChI is InChI=1S/C11H22N2/c1-12-10-8-13(9-10)11-6-4-2-3-5-7-11/h10-12H,2-9H2,1H3. The van der Waals surface area contributed by atoms with Crippen LogP contribution < -0.4 is 5.32 Å². The van der Waals surface area contributed by atoms with Gasteiger partial charge in [0.05, 0.1) is 0 Å². The van der Waals surface area contributed by atoms with Crippen LogP contribution in [-0.2, 0) is 0 Å². The minimum atomic E-state index is 0.781. The fourth-order valence-electron chi connectivity index (χ4n) is 2.62. The smallest absolute Gasteiger partial charge is 0.0320 e. The Hall–Kier alpha value is -0.0800. The van der Waals surface area contributed by atoms with Crippen molar-refractivity contribution in [3.63, 3.8) is 0 Å². The molecule has 1 aliphatic heterocycles. The van der Waals surface area contributed by atoms with Crippen molar-refractivity contribution in [2.24, 2.45) is 0 Å². The first-order chi connectivity index (χ1) is 6.40. The summed E-state index contributed by atoms with van der Waals surface area (Å²) in [6, 6.07) is 1.70. The van der Waals surface area contributed by atoms with E-state index in [0.717, 1.165) is 12.1 Å². The number of nitrogens with zero attached hydrogens (tertiary/aromatic N) is 1. The third-order valence-corrected chi connectivity index (χ3v) is 3.66. The van der Waals surface area contributed by atoms with Crippen LogP contribution in [-0.4, -0.2) is 37.1 Å². The number of rotatable bonds is 2. The maximum absolute atomic E-state index is 3.34. The zero-order valence-electron chi connectivity index (χ0n) is 8.76. The van der Waals surface area contributed by atoms with Gasteiger partial charge in [-0.15, -0.1) is 0 Å². The van der Waals surface area contributed by atoms with Crippen molar-refractivity contribution < 1.29 is 0 Å². The number of likely N-dealkylation sites (N-methyl/N-ethyl adjacent to an activating group) is 1. The molecule has 0 amide bonds. The fraction of sp³-hybridized carbons (Fsp3) is 1.00. The summed E-state index contributed by atoms with van der Waals surface area (Å²) in [5, 5.41) is 3.34. The van der Waals surface area contributed by atoms with E-state index in [9.17, 15) is 0 Å². The van der Waals surface area contributed by atoms with E-state index in [1.54, 1.807) is 0 Å². The molecule has 1 N–H and O–H groups in total. The highest BCUT2D eigenvalue weighted by atomic mass is 15.3. The molecule has 0 atom stereocenters. The largest absolute Gasteiger partial charge is 0.315 e. The van der Waals surface area contributed by atoms with Gasteiger partial charge in [0, 0.05) is 25.2 Å². The summed E-state index contributed by atoms with van der Waals surface area (Å²) in [5.41, 5.74) is 0. The lowest BCUT2D eigenvalue weighted by molar-refractivity contribution is 0.0712. The van der Waals surface area contributed by atoms with Crippen LogP contribution in [0, 0.1) is 0 Å². The Morgan fingerprint density at radius 3 is 2.15 bits per heavy atom. The monoisotopic (exact) mass is 182 g/mol. The highest BCUT2D eigenvalue weighted by Crippen LogP contribution is 2.25. The molecule has 2 nitrogen and oxygen atoms in total. The lowest BCUT2D eigenvalue weighted by Gasteiger charge is -2.44. The summed E-state index contributed by atoms with van der Waals surface area (Å²) < 4.78 is 0. The van der Waals surface area contributed by atoms with Gasteiger partial charge in [0.15, 0.2) is 0 Å². The molecule has 1 saturated carbocycles. The van der Waals surface area contributed by atoms with E-state index in [0.29, 0.717) is 0 Å². The summed E-state index contributed by atoms with van der Waals surface area (Å²) >= 11 is 0. The van der Waals surface area contributed by atoms with Crippen LogP contribution in [0.25, 0.3) is 0 Å². The lowest BCUT2D eigenvalue weighted by atomic mass is 10.0.